The molecule has 2 rings (SSSR count). The number of carboxylic acids is 1. The van der Waals surface area contributed by atoms with E-state index in [4.69, 9.17) is 9.63 Å². The van der Waals surface area contributed by atoms with Crippen molar-refractivity contribution in [2.75, 3.05) is 13.1 Å². The summed E-state index contributed by atoms with van der Waals surface area (Å²) in [5, 5.41) is 12.8. The summed E-state index contributed by atoms with van der Waals surface area (Å²) in [7, 11) is 0. The van der Waals surface area contributed by atoms with Gasteiger partial charge in [-0.3, -0.25) is 9.59 Å². The van der Waals surface area contributed by atoms with E-state index in [1.807, 2.05) is 6.92 Å². The summed E-state index contributed by atoms with van der Waals surface area (Å²) in [6, 6.07) is 0. The van der Waals surface area contributed by atoms with Crippen LogP contribution in [0.3, 0.4) is 0 Å². The van der Waals surface area contributed by atoms with E-state index < -0.39 is 11.9 Å². The third-order valence-electron chi connectivity index (χ3n) is 3.74. The first-order valence-corrected chi connectivity index (χ1v) is 6.36. The van der Waals surface area contributed by atoms with E-state index in [-0.39, 0.29) is 11.8 Å². The molecule has 1 aromatic rings. The molecule has 1 aromatic heterocycles. The lowest BCUT2D eigenvalue weighted by Gasteiger charge is -2.20. The molecule has 1 aliphatic rings. The molecule has 1 amide bonds. The molecule has 19 heavy (non-hydrogen) atoms. The van der Waals surface area contributed by atoms with E-state index >= 15 is 0 Å². The second-order valence-corrected chi connectivity index (χ2v) is 5.07. The van der Waals surface area contributed by atoms with Crippen LogP contribution in [0.5, 0.6) is 0 Å². The number of hydrogen-bond acceptors (Lipinski definition) is 4. The van der Waals surface area contributed by atoms with Gasteiger partial charge in [0, 0.05) is 18.7 Å². The molecule has 0 bridgehead atoms. The van der Waals surface area contributed by atoms with Crippen molar-refractivity contribution in [2.45, 2.75) is 33.1 Å². The number of hydrogen-bond donors (Lipinski definition) is 1. The first-order valence-electron chi connectivity index (χ1n) is 6.36. The highest BCUT2D eigenvalue weighted by Crippen LogP contribution is 2.27. The van der Waals surface area contributed by atoms with E-state index in [0.717, 1.165) is 5.56 Å². The summed E-state index contributed by atoms with van der Waals surface area (Å²) in [5.41, 5.74) is 1.52. The molecular formula is C13H18N2O4. The normalized spacial score (nSPS) is 20.6. The molecular weight excluding hydrogens is 248 g/mol. The Hall–Kier alpha value is -1.85. The average molecular weight is 266 g/mol. The Morgan fingerprint density at radius 3 is 2.63 bits per heavy atom. The molecule has 1 aliphatic heterocycles. The molecule has 0 aromatic carbocycles. The van der Waals surface area contributed by atoms with Gasteiger partial charge in [0.15, 0.2) is 0 Å². The summed E-state index contributed by atoms with van der Waals surface area (Å²) in [5.74, 6) is -1.04. The minimum absolute atomic E-state index is 0.0573. The molecule has 6 heteroatoms. The number of amides is 1. The van der Waals surface area contributed by atoms with Crippen LogP contribution in [-0.4, -0.2) is 40.1 Å². The number of aryl methyl sites for hydroxylation is 2. The molecule has 0 aliphatic carbocycles. The van der Waals surface area contributed by atoms with Crippen LogP contribution in [0.4, 0.5) is 0 Å². The average Bonchev–Trinajstić information content (AvgIpc) is 2.95. The Labute approximate surface area is 111 Å². The van der Waals surface area contributed by atoms with Crippen LogP contribution in [0.25, 0.3) is 0 Å². The van der Waals surface area contributed by atoms with Crippen molar-refractivity contribution in [2.24, 2.45) is 5.92 Å². The lowest BCUT2D eigenvalue weighted by Crippen LogP contribution is -2.33. The van der Waals surface area contributed by atoms with Gasteiger partial charge in [-0.25, -0.2) is 0 Å². The SMILES string of the molecule is Cc1noc(C)c1[C@@H](C)C(=O)N1CC[C@H](C(=O)O)C1. The number of aromatic nitrogens is 1. The van der Waals surface area contributed by atoms with Gasteiger partial charge in [-0.1, -0.05) is 5.16 Å². The van der Waals surface area contributed by atoms with Crippen LogP contribution in [0.1, 0.15) is 36.3 Å². The van der Waals surface area contributed by atoms with E-state index in [9.17, 15) is 9.59 Å². The fraction of sp³-hybridized carbons (Fsp3) is 0.615. The molecule has 0 spiro atoms. The van der Waals surface area contributed by atoms with Crippen LogP contribution in [-0.2, 0) is 9.59 Å². The van der Waals surface area contributed by atoms with Crippen LogP contribution in [0, 0.1) is 19.8 Å². The van der Waals surface area contributed by atoms with Crippen molar-refractivity contribution < 1.29 is 19.2 Å². The number of carboxylic acid groups (broad SMARTS) is 1. The quantitative estimate of drug-likeness (QED) is 0.892. The second-order valence-electron chi connectivity index (χ2n) is 5.07. The van der Waals surface area contributed by atoms with Crippen LogP contribution in [0.15, 0.2) is 4.52 Å². The summed E-state index contributed by atoms with van der Waals surface area (Å²) in [4.78, 5) is 24.9. The van der Waals surface area contributed by atoms with Crippen LogP contribution in [0.2, 0.25) is 0 Å². The van der Waals surface area contributed by atoms with Crippen molar-refractivity contribution in [3.8, 4) is 0 Å². The Kier molecular flexibility index (Phi) is 3.59. The first-order chi connectivity index (χ1) is 8.91. The summed E-state index contributed by atoms with van der Waals surface area (Å²) in [6.45, 7) is 6.19. The lowest BCUT2D eigenvalue weighted by molar-refractivity contribution is -0.141. The predicted octanol–water partition coefficient (Wildman–Crippen LogP) is 1.33. The molecule has 6 nitrogen and oxygen atoms in total. The van der Waals surface area contributed by atoms with E-state index in [1.54, 1.807) is 18.7 Å². The smallest absolute Gasteiger partial charge is 0.308 e. The molecule has 104 valence electrons. The van der Waals surface area contributed by atoms with Gasteiger partial charge in [-0.05, 0) is 27.2 Å². The number of nitrogens with zero attached hydrogens (tertiary/aromatic N) is 2. The second kappa shape index (κ2) is 5.03. The zero-order chi connectivity index (χ0) is 14.2. The van der Waals surface area contributed by atoms with Crippen molar-refractivity contribution in [3.05, 3.63) is 17.0 Å². The molecule has 1 fully saturated rings. The predicted molar refractivity (Wildman–Crippen MR) is 66.7 cm³/mol. The van der Waals surface area contributed by atoms with Gasteiger partial charge < -0.3 is 14.5 Å². The topological polar surface area (TPSA) is 83.6 Å². The number of carbonyl (C=O) groups excluding carboxylic acids is 1. The van der Waals surface area contributed by atoms with Gasteiger partial charge >= 0.3 is 5.97 Å². The maximum atomic E-state index is 12.4. The Bertz CT molecular complexity index is 489. The largest absolute Gasteiger partial charge is 0.481 e. The third kappa shape index (κ3) is 2.47. The van der Waals surface area contributed by atoms with Crippen LogP contribution >= 0.6 is 0 Å². The fourth-order valence-corrected chi connectivity index (χ4v) is 2.67. The van der Waals surface area contributed by atoms with E-state index in [0.29, 0.717) is 31.0 Å². The number of carbonyl (C=O) groups is 2. The molecule has 0 saturated carbocycles. The van der Waals surface area contributed by atoms with Crippen LogP contribution < -0.4 is 0 Å². The zero-order valence-corrected chi connectivity index (χ0v) is 11.3. The molecule has 0 radical (unpaired) electrons. The fourth-order valence-electron chi connectivity index (χ4n) is 2.67. The van der Waals surface area contributed by atoms with Gasteiger partial charge in [0.1, 0.15) is 5.76 Å². The molecule has 1 saturated heterocycles. The van der Waals surface area contributed by atoms with E-state index in [2.05, 4.69) is 5.16 Å². The minimum Gasteiger partial charge on any atom is -0.481 e. The van der Waals surface area contributed by atoms with Gasteiger partial charge in [-0.2, -0.15) is 0 Å². The highest BCUT2D eigenvalue weighted by molar-refractivity contribution is 5.85. The maximum Gasteiger partial charge on any atom is 0.308 e. The van der Waals surface area contributed by atoms with Gasteiger partial charge in [0.25, 0.3) is 0 Å². The number of aliphatic carboxylic acids is 1. The van der Waals surface area contributed by atoms with Gasteiger partial charge in [-0.15, -0.1) is 0 Å². The summed E-state index contributed by atoms with van der Waals surface area (Å²) < 4.78 is 5.07. The molecule has 2 heterocycles. The molecule has 2 atom stereocenters. The third-order valence-corrected chi connectivity index (χ3v) is 3.74. The Morgan fingerprint density at radius 2 is 2.16 bits per heavy atom. The highest BCUT2D eigenvalue weighted by Gasteiger charge is 2.34. The Morgan fingerprint density at radius 1 is 1.47 bits per heavy atom. The van der Waals surface area contributed by atoms with Crippen molar-refractivity contribution in [1.29, 1.82) is 0 Å². The summed E-state index contributed by atoms with van der Waals surface area (Å²) in [6.07, 6.45) is 0.523. The first kappa shape index (κ1) is 13.6. The van der Waals surface area contributed by atoms with Gasteiger partial charge in [0.05, 0.1) is 17.5 Å². The molecule has 0 unspecified atom stereocenters. The van der Waals surface area contributed by atoms with Crippen molar-refractivity contribution in [3.63, 3.8) is 0 Å². The summed E-state index contributed by atoms with van der Waals surface area (Å²) >= 11 is 0. The molecule has 1 N–H and O–H groups in total. The zero-order valence-electron chi connectivity index (χ0n) is 11.3. The highest BCUT2D eigenvalue weighted by atomic mass is 16.5. The standard InChI is InChI=1S/C13H18N2O4/c1-7(11-8(2)14-19-9(11)3)12(16)15-5-4-10(6-15)13(17)18/h7,10H,4-6H2,1-3H3,(H,17,18)/t7-,10+/m1/s1. The number of rotatable bonds is 3. The number of likely N-dealkylation sites (tertiary alicyclic amines) is 1. The van der Waals surface area contributed by atoms with E-state index in [1.165, 1.54) is 0 Å². The monoisotopic (exact) mass is 266 g/mol. The van der Waals surface area contributed by atoms with Crippen molar-refractivity contribution in [1.82, 2.24) is 10.1 Å². The van der Waals surface area contributed by atoms with Gasteiger partial charge in [0.2, 0.25) is 5.91 Å². The minimum atomic E-state index is -0.833. The maximum absolute atomic E-state index is 12.4. The lowest BCUT2D eigenvalue weighted by atomic mass is 9.98. The van der Waals surface area contributed by atoms with Crippen molar-refractivity contribution >= 4 is 11.9 Å². The Balaban J connectivity index is 2.11.